The van der Waals surface area contributed by atoms with Crippen LogP contribution in [0.15, 0.2) is 53.3 Å². The first-order valence-electron chi connectivity index (χ1n) is 8.40. The number of hydrogen-bond acceptors (Lipinski definition) is 5. The van der Waals surface area contributed by atoms with E-state index < -0.39 is 5.97 Å². The summed E-state index contributed by atoms with van der Waals surface area (Å²) in [5.41, 5.74) is 0.397. The van der Waals surface area contributed by atoms with Crippen molar-refractivity contribution in [1.82, 2.24) is 9.78 Å². The number of aromatic nitrogens is 2. The van der Waals surface area contributed by atoms with Crippen molar-refractivity contribution in [2.45, 2.75) is 26.8 Å². The van der Waals surface area contributed by atoms with Gasteiger partial charge in [-0.1, -0.05) is 25.1 Å². The van der Waals surface area contributed by atoms with Crippen LogP contribution in [-0.2, 0) is 6.54 Å². The highest BCUT2D eigenvalue weighted by Crippen LogP contribution is 2.18. The van der Waals surface area contributed by atoms with E-state index in [0.717, 1.165) is 0 Å². The number of aryl methyl sites for hydroxylation is 1. The largest absolute Gasteiger partial charge is 0.422 e. The average Bonchev–Trinajstić information content (AvgIpc) is 2.68. The van der Waals surface area contributed by atoms with Gasteiger partial charge in [0.25, 0.3) is 5.56 Å². The predicted molar refractivity (Wildman–Crippen MR) is 97.7 cm³/mol. The molecule has 6 nitrogen and oxygen atoms in total. The number of carbonyl (C=O) groups excluding carboxylic acids is 2. The summed E-state index contributed by atoms with van der Waals surface area (Å²) in [4.78, 5) is 36.6. The average molecular weight is 350 g/mol. The minimum Gasteiger partial charge on any atom is -0.422 e. The molecular formula is C20H18N2O4. The third kappa shape index (κ3) is 3.26. The summed E-state index contributed by atoms with van der Waals surface area (Å²) >= 11 is 0. The molecule has 0 spiro atoms. The van der Waals surface area contributed by atoms with E-state index >= 15 is 0 Å². The van der Waals surface area contributed by atoms with E-state index in [1.165, 1.54) is 4.68 Å². The van der Waals surface area contributed by atoms with E-state index in [1.54, 1.807) is 62.4 Å². The summed E-state index contributed by atoms with van der Waals surface area (Å²) in [5.74, 6) is -0.327. The Kier molecular flexibility index (Phi) is 4.93. The second-order valence-corrected chi connectivity index (χ2v) is 5.71. The van der Waals surface area contributed by atoms with E-state index in [2.05, 4.69) is 5.10 Å². The van der Waals surface area contributed by atoms with Crippen LogP contribution in [0.1, 0.15) is 41.1 Å². The lowest BCUT2D eigenvalue weighted by molar-refractivity contribution is 0.0728. The van der Waals surface area contributed by atoms with Crippen molar-refractivity contribution in [1.29, 1.82) is 0 Å². The lowest BCUT2D eigenvalue weighted by Gasteiger charge is -2.09. The Morgan fingerprint density at radius 2 is 1.65 bits per heavy atom. The molecule has 0 radical (unpaired) electrons. The fraction of sp³-hybridized carbons (Fsp3) is 0.200. The topological polar surface area (TPSA) is 78.3 Å². The van der Waals surface area contributed by atoms with E-state index in [9.17, 15) is 14.4 Å². The van der Waals surface area contributed by atoms with Crippen LogP contribution in [0.25, 0.3) is 10.8 Å². The zero-order chi connectivity index (χ0) is 18.7. The first-order chi connectivity index (χ1) is 12.5. The highest BCUT2D eigenvalue weighted by molar-refractivity contribution is 6.03. The van der Waals surface area contributed by atoms with Crippen LogP contribution in [-0.4, -0.2) is 21.5 Å². The molecule has 6 heteroatoms. The van der Waals surface area contributed by atoms with Crippen molar-refractivity contribution < 1.29 is 14.3 Å². The second kappa shape index (κ2) is 7.31. The number of hydrogen-bond donors (Lipinski definition) is 0. The van der Waals surface area contributed by atoms with Gasteiger partial charge >= 0.3 is 5.97 Å². The van der Waals surface area contributed by atoms with Crippen LogP contribution in [0.5, 0.6) is 5.75 Å². The van der Waals surface area contributed by atoms with Gasteiger partial charge < -0.3 is 4.74 Å². The number of nitrogens with zero attached hydrogens (tertiary/aromatic N) is 2. The first-order valence-corrected chi connectivity index (χ1v) is 8.40. The molecule has 0 atom stereocenters. The van der Waals surface area contributed by atoms with Crippen LogP contribution in [0, 0.1) is 0 Å². The number of Topliss-reactive ketones (excluding diaryl/α,β-unsaturated/α-hetero) is 1. The highest BCUT2D eigenvalue weighted by Gasteiger charge is 2.18. The van der Waals surface area contributed by atoms with Gasteiger partial charge in [0, 0.05) is 23.9 Å². The van der Waals surface area contributed by atoms with E-state index in [-0.39, 0.29) is 17.0 Å². The van der Waals surface area contributed by atoms with E-state index in [0.29, 0.717) is 35.1 Å². The molecule has 0 N–H and O–H groups in total. The fourth-order valence-corrected chi connectivity index (χ4v) is 2.67. The molecule has 0 aliphatic heterocycles. The number of esters is 1. The summed E-state index contributed by atoms with van der Waals surface area (Å²) in [7, 11) is 0. The molecule has 26 heavy (non-hydrogen) atoms. The summed E-state index contributed by atoms with van der Waals surface area (Å²) in [6.45, 7) is 3.91. The number of fused-ring (bicyclic) bond motifs is 1. The number of ketones is 1. The molecule has 1 heterocycles. The second-order valence-electron chi connectivity index (χ2n) is 5.71. The Morgan fingerprint density at radius 1 is 1.00 bits per heavy atom. The van der Waals surface area contributed by atoms with Crippen molar-refractivity contribution in [3.8, 4) is 5.75 Å². The van der Waals surface area contributed by atoms with Gasteiger partial charge in [-0.05, 0) is 37.3 Å². The lowest BCUT2D eigenvalue weighted by Crippen LogP contribution is -2.26. The van der Waals surface area contributed by atoms with Gasteiger partial charge in [0.1, 0.15) is 5.75 Å². The normalized spacial score (nSPS) is 10.7. The maximum absolute atomic E-state index is 12.6. The SMILES string of the molecule is CCC(=O)c1ccc(OC(=O)c2nn(CC)c(=O)c3ccccc23)cc1. The summed E-state index contributed by atoms with van der Waals surface area (Å²) in [6, 6.07) is 13.2. The molecule has 3 rings (SSSR count). The first kappa shape index (κ1) is 17.5. The highest BCUT2D eigenvalue weighted by atomic mass is 16.5. The van der Waals surface area contributed by atoms with Gasteiger partial charge in [-0.15, -0.1) is 0 Å². The Bertz CT molecular complexity index is 1040. The van der Waals surface area contributed by atoms with Gasteiger partial charge in [-0.25, -0.2) is 9.48 Å². The molecule has 3 aromatic rings. The molecule has 0 bridgehead atoms. The molecule has 132 valence electrons. The van der Waals surface area contributed by atoms with Crippen molar-refractivity contribution in [2.75, 3.05) is 0 Å². The summed E-state index contributed by atoms with van der Waals surface area (Å²) in [6.07, 6.45) is 0.410. The number of benzene rings is 2. The van der Waals surface area contributed by atoms with Crippen LogP contribution in [0.2, 0.25) is 0 Å². The van der Waals surface area contributed by atoms with E-state index in [4.69, 9.17) is 4.74 Å². The third-order valence-corrected chi connectivity index (χ3v) is 4.07. The van der Waals surface area contributed by atoms with Gasteiger partial charge in [0.15, 0.2) is 11.5 Å². The number of carbonyl (C=O) groups is 2. The molecule has 2 aromatic carbocycles. The molecule has 0 amide bonds. The summed E-state index contributed by atoms with van der Waals surface area (Å²) < 4.78 is 6.63. The van der Waals surface area contributed by atoms with Gasteiger partial charge in [0.05, 0.1) is 5.39 Å². The molecule has 0 fully saturated rings. The molecule has 0 aliphatic rings. The molecule has 0 unspecified atom stereocenters. The van der Waals surface area contributed by atoms with E-state index in [1.807, 2.05) is 0 Å². The van der Waals surface area contributed by atoms with Crippen molar-refractivity contribution >= 4 is 22.5 Å². The third-order valence-electron chi connectivity index (χ3n) is 4.07. The Balaban J connectivity index is 1.96. The van der Waals surface area contributed by atoms with Gasteiger partial charge in [-0.3, -0.25) is 9.59 Å². The number of ether oxygens (including phenoxy) is 1. The Morgan fingerprint density at radius 3 is 2.27 bits per heavy atom. The zero-order valence-electron chi connectivity index (χ0n) is 14.6. The molecule has 0 aliphatic carbocycles. The smallest absolute Gasteiger partial charge is 0.364 e. The lowest BCUT2D eigenvalue weighted by atomic mass is 10.1. The molecule has 0 saturated carbocycles. The van der Waals surface area contributed by atoms with Crippen LogP contribution >= 0.6 is 0 Å². The quantitative estimate of drug-likeness (QED) is 0.401. The Labute approximate surface area is 150 Å². The van der Waals surface area contributed by atoms with Crippen LogP contribution in [0.4, 0.5) is 0 Å². The maximum Gasteiger partial charge on any atom is 0.364 e. The molecular weight excluding hydrogens is 332 g/mol. The summed E-state index contributed by atoms with van der Waals surface area (Å²) in [5, 5.41) is 5.02. The number of rotatable bonds is 5. The van der Waals surface area contributed by atoms with Gasteiger partial charge in [0.2, 0.25) is 0 Å². The minimum atomic E-state index is -0.655. The van der Waals surface area contributed by atoms with Crippen LogP contribution in [0.3, 0.4) is 0 Å². The monoisotopic (exact) mass is 350 g/mol. The minimum absolute atomic E-state index is 0.0190. The predicted octanol–water partition coefficient (Wildman–Crippen LogP) is 3.23. The standard InChI is InChI=1S/C20H18N2O4/c1-3-17(23)13-9-11-14(12-10-13)26-20(25)18-15-7-5-6-8-16(15)19(24)22(4-2)21-18/h5-12H,3-4H2,1-2H3. The molecule has 0 saturated heterocycles. The zero-order valence-corrected chi connectivity index (χ0v) is 14.6. The van der Waals surface area contributed by atoms with Crippen molar-refractivity contribution in [3.63, 3.8) is 0 Å². The van der Waals surface area contributed by atoms with Gasteiger partial charge in [-0.2, -0.15) is 5.10 Å². The Hall–Kier alpha value is -3.28. The molecule has 1 aromatic heterocycles. The maximum atomic E-state index is 12.6. The van der Waals surface area contributed by atoms with Crippen molar-refractivity contribution in [2.24, 2.45) is 0 Å². The van der Waals surface area contributed by atoms with Crippen LogP contribution < -0.4 is 10.3 Å². The fourth-order valence-electron chi connectivity index (χ4n) is 2.67. The van der Waals surface area contributed by atoms with Crippen molar-refractivity contribution in [3.05, 3.63) is 70.1 Å².